The zero-order valence-electron chi connectivity index (χ0n) is 15.6. The van der Waals surface area contributed by atoms with Crippen molar-refractivity contribution in [2.45, 2.75) is 31.3 Å². The summed E-state index contributed by atoms with van der Waals surface area (Å²) < 4.78 is 44.7. The number of anilines is 2. The summed E-state index contributed by atoms with van der Waals surface area (Å²) in [7, 11) is 1.25. The Morgan fingerprint density at radius 2 is 2.17 bits per heavy atom. The number of aromatic nitrogens is 4. The van der Waals surface area contributed by atoms with Crippen LogP contribution in [-0.4, -0.2) is 30.5 Å². The summed E-state index contributed by atoms with van der Waals surface area (Å²) in [4.78, 5) is 7.75. The third kappa shape index (κ3) is 3.77. The van der Waals surface area contributed by atoms with Gasteiger partial charge in [-0.05, 0) is 54.5 Å². The van der Waals surface area contributed by atoms with Gasteiger partial charge in [0.15, 0.2) is 12.3 Å². The molecule has 1 atom stereocenters. The van der Waals surface area contributed by atoms with Gasteiger partial charge in [-0.3, -0.25) is 4.18 Å². The highest BCUT2D eigenvalue weighted by molar-refractivity contribution is 7.92. The van der Waals surface area contributed by atoms with Gasteiger partial charge in [0.1, 0.15) is 0 Å². The Morgan fingerprint density at radius 3 is 2.90 bits per heavy atom. The predicted octanol–water partition coefficient (Wildman–Crippen LogP) is 4.07. The molecule has 1 aromatic carbocycles. The standard InChI is InChI=1S/C18H17F2N5O2S2/c1-10-8-11-4-3-5-13(11)16(15(10)12-6-7-21-14(19)9-12)22-17-23-18(29(26)27-2)24-25(17)28-20/h6-9H,3-5H2,1-2H3,(H,22,23,24). The van der Waals surface area contributed by atoms with Crippen molar-refractivity contribution in [1.29, 1.82) is 0 Å². The average molecular weight is 437 g/mol. The summed E-state index contributed by atoms with van der Waals surface area (Å²) in [5.74, 6) is -0.526. The Bertz CT molecular complexity index is 1110. The van der Waals surface area contributed by atoms with Gasteiger partial charge in [0.2, 0.25) is 23.0 Å². The molecule has 0 spiro atoms. The van der Waals surface area contributed by atoms with Crippen LogP contribution in [0.15, 0.2) is 29.6 Å². The summed E-state index contributed by atoms with van der Waals surface area (Å²) in [6, 6.07) is 5.17. The van der Waals surface area contributed by atoms with Gasteiger partial charge in [0.05, 0.1) is 12.8 Å². The quantitative estimate of drug-likeness (QED) is 0.582. The second kappa shape index (κ2) is 8.17. The fourth-order valence-electron chi connectivity index (χ4n) is 3.62. The van der Waals surface area contributed by atoms with E-state index in [9.17, 15) is 12.5 Å². The minimum absolute atomic E-state index is 0.0633. The molecular formula is C18H17F2N5O2S2. The van der Waals surface area contributed by atoms with Gasteiger partial charge < -0.3 is 5.32 Å². The molecule has 152 valence electrons. The van der Waals surface area contributed by atoms with Crippen molar-refractivity contribution in [3.05, 3.63) is 47.0 Å². The maximum atomic E-state index is 13.8. The number of hydrogen-bond acceptors (Lipinski definition) is 7. The highest BCUT2D eigenvalue weighted by atomic mass is 32.2. The molecule has 0 bridgehead atoms. The molecule has 0 fully saturated rings. The van der Waals surface area contributed by atoms with E-state index in [1.165, 1.54) is 24.9 Å². The number of rotatable bonds is 6. The van der Waals surface area contributed by atoms with E-state index in [4.69, 9.17) is 4.18 Å². The second-order valence-corrected chi connectivity index (χ2v) is 8.14. The smallest absolute Gasteiger partial charge is 0.269 e. The second-order valence-electron chi connectivity index (χ2n) is 6.49. The lowest BCUT2D eigenvalue weighted by Gasteiger charge is -2.19. The first-order chi connectivity index (χ1) is 14.0. The van der Waals surface area contributed by atoms with Crippen LogP contribution in [0, 0.1) is 12.9 Å². The molecule has 2 heterocycles. The highest BCUT2D eigenvalue weighted by Crippen LogP contribution is 2.41. The molecule has 7 nitrogen and oxygen atoms in total. The van der Waals surface area contributed by atoms with Crippen LogP contribution in [0.3, 0.4) is 0 Å². The highest BCUT2D eigenvalue weighted by Gasteiger charge is 2.24. The zero-order valence-corrected chi connectivity index (χ0v) is 17.2. The van der Waals surface area contributed by atoms with Crippen molar-refractivity contribution in [2.24, 2.45) is 0 Å². The van der Waals surface area contributed by atoms with E-state index in [1.807, 2.05) is 6.92 Å². The molecular weight excluding hydrogens is 420 g/mol. The summed E-state index contributed by atoms with van der Waals surface area (Å²) in [5.41, 5.74) is 5.32. The van der Waals surface area contributed by atoms with Gasteiger partial charge >= 0.3 is 0 Å². The van der Waals surface area contributed by atoms with Gasteiger partial charge in [0, 0.05) is 17.8 Å². The molecule has 11 heteroatoms. The third-order valence-corrected chi connectivity index (χ3v) is 5.93. The van der Waals surface area contributed by atoms with Gasteiger partial charge in [-0.25, -0.2) is 9.19 Å². The van der Waals surface area contributed by atoms with E-state index in [2.05, 4.69) is 26.4 Å². The lowest BCUT2D eigenvalue weighted by molar-refractivity contribution is 0.441. The SMILES string of the molecule is COS(=O)c1nc(Nc2c3c(cc(C)c2-c2ccnc(F)c2)CCC3)n(SF)n1. The molecule has 1 N–H and O–H groups in total. The Hall–Kier alpha value is -2.37. The van der Waals surface area contributed by atoms with Crippen LogP contribution in [0.25, 0.3) is 11.1 Å². The van der Waals surface area contributed by atoms with Crippen molar-refractivity contribution in [3.8, 4) is 11.1 Å². The van der Waals surface area contributed by atoms with Crippen LogP contribution in [0.2, 0.25) is 0 Å². The van der Waals surface area contributed by atoms with Crippen LogP contribution in [0.4, 0.5) is 19.9 Å². The number of fused-ring (bicyclic) bond motifs is 1. The number of benzene rings is 1. The maximum absolute atomic E-state index is 13.8. The molecule has 3 aromatic rings. The summed E-state index contributed by atoms with van der Waals surface area (Å²) in [6.45, 7) is 1.94. The number of aryl methyl sites for hydroxylation is 2. The van der Waals surface area contributed by atoms with Crippen LogP contribution >= 0.6 is 12.3 Å². The van der Waals surface area contributed by atoms with Gasteiger partial charge in [-0.2, -0.15) is 9.37 Å². The molecule has 1 unspecified atom stereocenters. The molecule has 0 saturated heterocycles. The third-order valence-electron chi connectivity index (χ3n) is 4.77. The minimum Gasteiger partial charge on any atom is -0.323 e. The lowest BCUT2D eigenvalue weighted by Crippen LogP contribution is -2.05. The average Bonchev–Trinajstić information content (AvgIpc) is 3.34. The number of halogens is 2. The maximum Gasteiger partial charge on any atom is 0.269 e. The number of hydrogen-bond donors (Lipinski definition) is 1. The first-order valence-corrected chi connectivity index (χ1v) is 10.5. The zero-order chi connectivity index (χ0) is 20.5. The molecule has 4 rings (SSSR count). The summed E-state index contributed by atoms with van der Waals surface area (Å²) in [5, 5.41) is 6.86. The van der Waals surface area contributed by atoms with Crippen LogP contribution in [-0.2, 0) is 28.1 Å². The molecule has 1 aliphatic carbocycles. The molecule has 29 heavy (non-hydrogen) atoms. The minimum atomic E-state index is -1.91. The van der Waals surface area contributed by atoms with Crippen molar-refractivity contribution in [1.82, 2.24) is 19.2 Å². The van der Waals surface area contributed by atoms with E-state index < -0.39 is 17.0 Å². The Labute approximate surface area is 173 Å². The van der Waals surface area contributed by atoms with Crippen molar-refractivity contribution in [2.75, 3.05) is 12.4 Å². The van der Waals surface area contributed by atoms with Gasteiger partial charge in [-0.1, -0.05) is 6.07 Å². The van der Waals surface area contributed by atoms with Crippen LogP contribution < -0.4 is 5.32 Å². The predicted molar refractivity (Wildman–Crippen MR) is 107 cm³/mol. The van der Waals surface area contributed by atoms with E-state index in [0.717, 1.165) is 40.0 Å². The molecule has 0 radical (unpaired) electrons. The van der Waals surface area contributed by atoms with Gasteiger partial charge in [0.25, 0.3) is 5.16 Å². The first kappa shape index (κ1) is 19.9. The molecule has 0 saturated carbocycles. The van der Waals surface area contributed by atoms with Crippen molar-refractivity contribution in [3.63, 3.8) is 0 Å². The first-order valence-electron chi connectivity index (χ1n) is 8.78. The fraction of sp³-hybridized carbons (Fsp3) is 0.278. The van der Waals surface area contributed by atoms with E-state index in [-0.39, 0.29) is 23.4 Å². The van der Waals surface area contributed by atoms with E-state index in [0.29, 0.717) is 11.3 Å². The van der Waals surface area contributed by atoms with Gasteiger partial charge in [-0.15, -0.1) is 13.1 Å². The van der Waals surface area contributed by atoms with Crippen molar-refractivity contribution >= 4 is 35.1 Å². The van der Waals surface area contributed by atoms with Crippen LogP contribution in [0.1, 0.15) is 23.1 Å². The lowest BCUT2D eigenvalue weighted by atomic mass is 9.93. The monoisotopic (exact) mass is 437 g/mol. The topological polar surface area (TPSA) is 81.9 Å². The normalized spacial score (nSPS) is 14.1. The number of pyridine rings is 1. The van der Waals surface area contributed by atoms with E-state index in [1.54, 1.807) is 6.07 Å². The molecule has 0 amide bonds. The van der Waals surface area contributed by atoms with Crippen LogP contribution in [0.5, 0.6) is 0 Å². The van der Waals surface area contributed by atoms with Crippen molar-refractivity contribution < 1.29 is 16.7 Å². The largest absolute Gasteiger partial charge is 0.323 e. The Morgan fingerprint density at radius 1 is 1.34 bits per heavy atom. The fourth-order valence-corrected chi connectivity index (χ4v) is 4.39. The Balaban J connectivity index is 1.88. The number of nitrogens with zero attached hydrogens (tertiary/aromatic N) is 4. The molecule has 0 aliphatic heterocycles. The van der Waals surface area contributed by atoms with E-state index >= 15 is 0 Å². The number of nitrogens with one attached hydrogen (secondary N) is 1. The molecule has 1 aliphatic rings. The molecule has 2 aromatic heterocycles. The summed E-state index contributed by atoms with van der Waals surface area (Å²) in [6.07, 6.45) is 4.15. The summed E-state index contributed by atoms with van der Waals surface area (Å²) >= 11 is -2.08. The Kier molecular flexibility index (Phi) is 5.61.